The molecule has 0 N–H and O–H groups in total. The van der Waals surface area contributed by atoms with Gasteiger partial charge in [0.15, 0.2) is 0 Å². The molecule has 0 aliphatic heterocycles. The maximum Gasteiger partial charge on any atom is 0.500 e. The zero-order valence-electron chi connectivity index (χ0n) is 13.4. The summed E-state index contributed by atoms with van der Waals surface area (Å²) in [6, 6.07) is 0.923. The van der Waals surface area contributed by atoms with Gasteiger partial charge in [-0.3, -0.25) is 0 Å². The van der Waals surface area contributed by atoms with Gasteiger partial charge in [0.05, 0.1) is 0 Å². The molecule has 0 radical (unpaired) electrons. The quantitative estimate of drug-likeness (QED) is 0.393. The first-order valence-corrected chi connectivity index (χ1v) is 9.65. The van der Waals surface area contributed by atoms with Crippen molar-refractivity contribution in [3.05, 3.63) is 12.2 Å². The van der Waals surface area contributed by atoms with E-state index in [0.29, 0.717) is 25.7 Å². The third-order valence-electron chi connectivity index (χ3n) is 2.94. The van der Waals surface area contributed by atoms with Crippen LogP contribution in [0.25, 0.3) is 0 Å². The fourth-order valence-corrected chi connectivity index (χ4v) is 4.75. The molecule has 114 valence electrons. The van der Waals surface area contributed by atoms with Gasteiger partial charge in [0.25, 0.3) is 0 Å². The molecule has 0 heterocycles. The lowest BCUT2D eigenvalue weighted by atomic mass is 10.1. The van der Waals surface area contributed by atoms with Gasteiger partial charge >= 0.3 is 8.80 Å². The van der Waals surface area contributed by atoms with Crippen LogP contribution in [0.4, 0.5) is 0 Å². The number of hydrogen-bond donors (Lipinski definition) is 0. The van der Waals surface area contributed by atoms with Crippen molar-refractivity contribution in [1.82, 2.24) is 0 Å². The number of allylic oxidation sites excluding steroid dienone is 2. The minimum Gasteiger partial charge on any atom is -0.374 e. The van der Waals surface area contributed by atoms with Crippen LogP contribution in [-0.4, -0.2) is 28.6 Å². The predicted molar refractivity (Wildman–Crippen MR) is 83.3 cm³/mol. The molecule has 0 spiro atoms. The lowest BCUT2D eigenvalue weighted by molar-refractivity contribution is 0.0705. The van der Waals surface area contributed by atoms with Gasteiger partial charge in [-0.15, -0.1) is 0 Å². The van der Waals surface area contributed by atoms with Crippen molar-refractivity contribution >= 4 is 8.80 Å². The molecule has 1 atom stereocenters. The minimum absolute atomic E-state index is 0.622. The highest BCUT2D eigenvalue weighted by Gasteiger charge is 2.39. The van der Waals surface area contributed by atoms with Gasteiger partial charge in [-0.25, -0.2) is 0 Å². The molecule has 3 nitrogen and oxygen atoms in total. The summed E-state index contributed by atoms with van der Waals surface area (Å²) in [5.74, 6) is 0.622. The van der Waals surface area contributed by atoms with Crippen LogP contribution < -0.4 is 0 Å². The molecule has 0 aromatic carbocycles. The fourth-order valence-electron chi connectivity index (χ4n) is 2.11. The molecular formula is C15H32O3Si. The van der Waals surface area contributed by atoms with Gasteiger partial charge in [-0.1, -0.05) is 26.0 Å². The Hall–Kier alpha value is -0.163. The molecule has 0 saturated carbocycles. The van der Waals surface area contributed by atoms with Crippen LogP contribution in [0.5, 0.6) is 0 Å². The zero-order chi connectivity index (χ0) is 14.6. The van der Waals surface area contributed by atoms with Gasteiger partial charge < -0.3 is 13.3 Å². The van der Waals surface area contributed by atoms with Crippen molar-refractivity contribution in [2.75, 3.05) is 19.8 Å². The summed E-state index contributed by atoms with van der Waals surface area (Å²) in [5.41, 5.74) is 0. The summed E-state index contributed by atoms with van der Waals surface area (Å²) in [4.78, 5) is 0. The molecule has 0 saturated heterocycles. The highest BCUT2D eigenvalue weighted by Crippen LogP contribution is 2.21. The fraction of sp³-hybridized carbons (Fsp3) is 0.867. The maximum absolute atomic E-state index is 5.85. The molecule has 0 fully saturated rings. The molecule has 0 aromatic heterocycles. The SMILES string of the molecule is CCC=CC(C)CCC[Si](OCC)(OCC)OCC. The Morgan fingerprint density at radius 1 is 0.947 bits per heavy atom. The summed E-state index contributed by atoms with van der Waals surface area (Å²) in [7, 11) is -2.42. The predicted octanol–water partition coefficient (Wildman–Crippen LogP) is 4.42. The Bertz CT molecular complexity index is 214. The van der Waals surface area contributed by atoms with E-state index in [9.17, 15) is 0 Å². The summed E-state index contributed by atoms with van der Waals surface area (Å²) in [6.45, 7) is 12.4. The van der Waals surface area contributed by atoms with Gasteiger partial charge in [-0.05, 0) is 46.0 Å². The van der Waals surface area contributed by atoms with E-state index < -0.39 is 8.80 Å². The van der Waals surface area contributed by atoms with Crippen molar-refractivity contribution < 1.29 is 13.3 Å². The Morgan fingerprint density at radius 3 is 1.89 bits per heavy atom. The second-order valence-corrected chi connectivity index (χ2v) is 7.42. The average molecular weight is 289 g/mol. The standard InChI is InChI=1S/C15H32O3Si/c1-6-10-12-15(5)13-11-14-19(16-7-2,17-8-3)18-9-4/h10,12,15H,6-9,11,13-14H2,1-5H3. The van der Waals surface area contributed by atoms with E-state index in [2.05, 4.69) is 26.0 Å². The molecule has 0 bridgehead atoms. The lowest BCUT2D eigenvalue weighted by Crippen LogP contribution is -2.45. The van der Waals surface area contributed by atoms with Crippen molar-refractivity contribution in [2.24, 2.45) is 5.92 Å². The average Bonchev–Trinajstić information content (AvgIpc) is 2.37. The molecule has 1 unspecified atom stereocenters. The summed E-state index contributed by atoms with van der Waals surface area (Å²) >= 11 is 0. The number of rotatable bonds is 12. The smallest absolute Gasteiger partial charge is 0.374 e. The van der Waals surface area contributed by atoms with E-state index in [0.717, 1.165) is 18.9 Å². The van der Waals surface area contributed by atoms with Gasteiger partial charge in [-0.2, -0.15) is 0 Å². The Kier molecular flexibility index (Phi) is 11.5. The summed E-state index contributed by atoms with van der Waals surface area (Å²) < 4.78 is 17.5. The van der Waals surface area contributed by atoms with Crippen LogP contribution >= 0.6 is 0 Å². The van der Waals surface area contributed by atoms with Gasteiger partial charge in [0.1, 0.15) is 0 Å². The summed E-state index contributed by atoms with van der Waals surface area (Å²) in [5, 5.41) is 0. The molecular weight excluding hydrogens is 256 g/mol. The van der Waals surface area contributed by atoms with E-state index in [4.69, 9.17) is 13.3 Å². The molecule has 0 aliphatic rings. The Labute approximate surface area is 120 Å². The van der Waals surface area contributed by atoms with Crippen LogP contribution in [0, 0.1) is 5.92 Å². The first-order chi connectivity index (χ1) is 9.14. The Morgan fingerprint density at radius 2 is 1.47 bits per heavy atom. The van der Waals surface area contributed by atoms with Crippen LogP contribution in [0.1, 0.15) is 53.9 Å². The normalized spacial score (nSPS) is 14.2. The topological polar surface area (TPSA) is 27.7 Å². The van der Waals surface area contributed by atoms with E-state index in [1.165, 1.54) is 6.42 Å². The van der Waals surface area contributed by atoms with Crippen molar-refractivity contribution in [2.45, 2.75) is 59.9 Å². The molecule has 0 aliphatic carbocycles. The van der Waals surface area contributed by atoms with E-state index >= 15 is 0 Å². The van der Waals surface area contributed by atoms with Crippen LogP contribution in [0.2, 0.25) is 6.04 Å². The third-order valence-corrected chi connectivity index (χ3v) is 6.09. The highest BCUT2D eigenvalue weighted by atomic mass is 28.4. The van der Waals surface area contributed by atoms with Gasteiger partial charge in [0.2, 0.25) is 0 Å². The first-order valence-electron chi connectivity index (χ1n) is 7.72. The monoisotopic (exact) mass is 288 g/mol. The van der Waals surface area contributed by atoms with Crippen molar-refractivity contribution in [1.29, 1.82) is 0 Å². The van der Waals surface area contributed by atoms with E-state index in [1.54, 1.807) is 0 Å². The molecule has 4 heteroatoms. The molecule has 19 heavy (non-hydrogen) atoms. The van der Waals surface area contributed by atoms with Gasteiger partial charge in [0, 0.05) is 25.9 Å². The largest absolute Gasteiger partial charge is 0.500 e. The highest BCUT2D eigenvalue weighted by molar-refractivity contribution is 6.60. The first kappa shape index (κ1) is 18.8. The van der Waals surface area contributed by atoms with Crippen molar-refractivity contribution in [3.8, 4) is 0 Å². The zero-order valence-corrected chi connectivity index (χ0v) is 14.4. The van der Waals surface area contributed by atoms with E-state index in [1.807, 2.05) is 20.8 Å². The number of hydrogen-bond acceptors (Lipinski definition) is 3. The molecule has 0 amide bonds. The second-order valence-electron chi connectivity index (χ2n) is 4.69. The van der Waals surface area contributed by atoms with Crippen LogP contribution in [0.15, 0.2) is 12.2 Å². The third kappa shape index (κ3) is 8.58. The summed E-state index contributed by atoms with van der Waals surface area (Å²) in [6.07, 6.45) is 7.91. The lowest BCUT2D eigenvalue weighted by Gasteiger charge is -2.28. The van der Waals surface area contributed by atoms with E-state index in [-0.39, 0.29) is 0 Å². The van der Waals surface area contributed by atoms with Crippen molar-refractivity contribution in [3.63, 3.8) is 0 Å². The molecule has 0 aromatic rings. The minimum atomic E-state index is -2.42. The molecule has 0 rings (SSSR count). The maximum atomic E-state index is 5.85. The second kappa shape index (κ2) is 11.6. The van der Waals surface area contributed by atoms with Crippen LogP contribution in [0.3, 0.4) is 0 Å². The van der Waals surface area contributed by atoms with Crippen LogP contribution in [-0.2, 0) is 13.3 Å². The Balaban J connectivity index is 4.27.